The van der Waals surface area contributed by atoms with E-state index in [-0.39, 0.29) is 42.2 Å². The Hall–Kier alpha value is -4.39. The van der Waals surface area contributed by atoms with E-state index in [4.69, 9.17) is 4.74 Å². The monoisotopic (exact) mass is 627 g/mol. The number of para-hydroxylation sites is 1. The van der Waals surface area contributed by atoms with Crippen molar-refractivity contribution < 1.29 is 23.9 Å². The van der Waals surface area contributed by atoms with Gasteiger partial charge in [0, 0.05) is 31.1 Å². The molecular weight excluding hydrogens is 582 g/mol. The van der Waals surface area contributed by atoms with E-state index in [1.165, 1.54) is 9.80 Å². The Bertz CT molecular complexity index is 1540. The van der Waals surface area contributed by atoms with Crippen LogP contribution in [0.1, 0.15) is 71.4 Å². The first-order valence-corrected chi connectivity index (χ1v) is 16.1. The number of carbonyl (C=O) groups excluding carboxylic acids is 4. The van der Waals surface area contributed by atoms with Crippen LogP contribution in [0, 0.1) is 22.7 Å². The number of carbonyl (C=O) groups is 4. The third kappa shape index (κ3) is 6.33. The molecule has 1 saturated carbocycles. The van der Waals surface area contributed by atoms with E-state index in [2.05, 4.69) is 16.7 Å². The van der Waals surface area contributed by atoms with Crippen molar-refractivity contribution in [1.29, 1.82) is 5.26 Å². The Morgan fingerprint density at radius 2 is 1.76 bits per heavy atom. The zero-order valence-corrected chi connectivity index (χ0v) is 27.6. The number of nitrogens with zero attached hydrogens (tertiary/aromatic N) is 3. The van der Waals surface area contributed by atoms with E-state index in [0.717, 1.165) is 24.0 Å². The maximum atomic E-state index is 14.4. The summed E-state index contributed by atoms with van der Waals surface area (Å²) in [5.74, 6) is -1.35. The van der Waals surface area contributed by atoms with Crippen LogP contribution in [0.4, 0.5) is 10.5 Å². The summed E-state index contributed by atoms with van der Waals surface area (Å²) in [5.41, 5.74) is 0.993. The molecule has 1 aliphatic carbocycles. The maximum absolute atomic E-state index is 14.4. The summed E-state index contributed by atoms with van der Waals surface area (Å²) in [6, 6.07) is 16.8. The predicted molar refractivity (Wildman–Crippen MR) is 174 cm³/mol. The first kappa shape index (κ1) is 33.0. The van der Waals surface area contributed by atoms with E-state index in [9.17, 15) is 24.4 Å². The van der Waals surface area contributed by atoms with Crippen LogP contribution in [0.25, 0.3) is 0 Å². The first-order chi connectivity index (χ1) is 21.7. The summed E-state index contributed by atoms with van der Waals surface area (Å²) in [6.45, 7) is 9.86. The third-order valence-electron chi connectivity index (χ3n) is 9.75. The summed E-state index contributed by atoms with van der Waals surface area (Å²) in [5, 5.41) is 15.8. The number of hydrogen-bond donors (Lipinski definition) is 2. The van der Waals surface area contributed by atoms with Gasteiger partial charge in [-0.15, -0.1) is 0 Å². The van der Waals surface area contributed by atoms with E-state index in [1.54, 1.807) is 7.05 Å². The Kier molecular flexibility index (Phi) is 8.91. The number of rotatable bonds is 9. The number of nitrogens with one attached hydrogen (secondary N) is 2. The Labute approximate surface area is 271 Å². The van der Waals surface area contributed by atoms with Crippen LogP contribution in [-0.4, -0.2) is 71.9 Å². The quantitative estimate of drug-likeness (QED) is 0.413. The van der Waals surface area contributed by atoms with Gasteiger partial charge in [0.1, 0.15) is 24.7 Å². The standard InChI is InChI=1S/C36H45N5O5/c1-23(2)29(39-33(45)46-22-35(16-17-35)24-12-8-7-9-13-24)31(43)40(6)28(19-34(3,4)5)30(42)41-21-36(18-25(41)20-37)26-14-10-11-15-27(26)38-32(36)44/h7-15,23,25,28-29H,16-19,21-22H2,1-6H3,(H,38,44)(H,39,45)/t25-,28-,29?,36-/m0/s1. The second-order valence-electron chi connectivity index (χ2n) is 14.7. The number of likely N-dealkylation sites (N-methyl/N-ethyl adjacent to an activating group) is 1. The lowest BCUT2D eigenvalue weighted by Crippen LogP contribution is -2.58. The minimum atomic E-state index is -1.04. The molecule has 10 heteroatoms. The number of nitriles is 1. The van der Waals surface area contributed by atoms with Crippen molar-refractivity contribution >= 4 is 29.5 Å². The van der Waals surface area contributed by atoms with Crippen LogP contribution >= 0.6 is 0 Å². The van der Waals surface area contributed by atoms with Crippen LogP contribution in [0.3, 0.4) is 0 Å². The van der Waals surface area contributed by atoms with Crippen LogP contribution < -0.4 is 10.6 Å². The third-order valence-corrected chi connectivity index (χ3v) is 9.75. The highest BCUT2D eigenvalue weighted by Crippen LogP contribution is 2.48. The minimum absolute atomic E-state index is 0.0386. The normalized spacial score (nSPS) is 22.4. The molecule has 2 fully saturated rings. The number of benzene rings is 2. The lowest BCUT2D eigenvalue weighted by Gasteiger charge is -2.37. The highest BCUT2D eigenvalue weighted by Gasteiger charge is 2.57. The summed E-state index contributed by atoms with van der Waals surface area (Å²) >= 11 is 0. The van der Waals surface area contributed by atoms with Gasteiger partial charge in [-0.2, -0.15) is 5.26 Å². The van der Waals surface area contributed by atoms with Crippen molar-refractivity contribution in [2.24, 2.45) is 11.3 Å². The molecule has 1 saturated heterocycles. The number of fused-ring (bicyclic) bond motifs is 2. The fraction of sp³-hybridized carbons (Fsp3) is 0.528. The highest BCUT2D eigenvalue weighted by molar-refractivity contribution is 6.07. The smallest absolute Gasteiger partial charge is 0.407 e. The van der Waals surface area contributed by atoms with Crippen molar-refractivity contribution in [3.8, 4) is 6.07 Å². The van der Waals surface area contributed by atoms with Crippen molar-refractivity contribution in [1.82, 2.24) is 15.1 Å². The molecule has 0 aromatic heterocycles. The number of hydrogen-bond acceptors (Lipinski definition) is 6. The van der Waals surface area contributed by atoms with Gasteiger partial charge in [0.15, 0.2) is 0 Å². The van der Waals surface area contributed by atoms with Crippen molar-refractivity contribution in [2.45, 2.75) is 89.3 Å². The van der Waals surface area contributed by atoms with E-state index < -0.39 is 41.4 Å². The number of amides is 4. The summed E-state index contributed by atoms with van der Waals surface area (Å²) < 4.78 is 5.66. The molecule has 1 unspecified atom stereocenters. The first-order valence-electron chi connectivity index (χ1n) is 16.1. The number of anilines is 1. The predicted octanol–water partition coefficient (Wildman–Crippen LogP) is 4.75. The molecule has 3 aliphatic rings. The van der Waals surface area contributed by atoms with Crippen LogP contribution in [0.2, 0.25) is 0 Å². The molecule has 2 aliphatic heterocycles. The Morgan fingerprint density at radius 3 is 2.37 bits per heavy atom. The summed E-state index contributed by atoms with van der Waals surface area (Å²) in [7, 11) is 1.57. The number of likely N-dealkylation sites (tertiary alicyclic amines) is 1. The molecule has 5 rings (SSSR count). The van der Waals surface area contributed by atoms with Gasteiger partial charge in [-0.25, -0.2) is 4.79 Å². The maximum Gasteiger partial charge on any atom is 0.407 e. The SMILES string of the molecule is CC(C)C(NC(=O)OCC1(c2ccccc2)CC1)C(=O)N(C)[C@@H](CC(C)(C)C)C(=O)N1C[C@]2(C[C@H]1C#N)C(=O)Nc1ccccc12. The zero-order chi connectivity index (χ0) is 33.4. The molecule has 46 heavy (non-hydrogen) atoms. The summed E-state index contributed by atoms with van der Waals surface area (Å²) in [4.78, 5) is 57.7. The van der Waals surface area contributed by atoms with Gasteiger partial charge in [0.2, 0.25) is 17.7 Å². The lowest BCUT2D eigenvalue weighted by atomic mass is 9.80. The Morgan fingerprint density at radius 1 is 1.11 bits per heavy atom. The minimum Gasteiger partial charge on any atom is -0.449 e. The molecule has 4 atom stereocenters. The molecule has 0 bridgehead atoms. The molecule has 2 aromatic carbocycles. The fourth-order valence-corrected chi connectivity index (χ4v) is 6.87. The molecule has 4 amide bonds. The van der Waals surface area contributed by atoms with Crippen LogP contribution in [-0.2, 0) is 30.0 Å². The molecule has 1 spiro atoms. The zero-order valence-electron chi connectivity index (χ0n) is 27.6. The van der Waals surface area contributed by atoms with Crippen LogP contribution in [0.5, 0.6) is 0 Å². The van der Waals surface area contributed by atoms with Crippen molar-refractivity contribution in [3.63, 3.8) is 0 Å². The van der Waals surface area contributed by atoms with Crippen LogP contribution in [0.15, 0.2) is 54.6 Å². The average Bonchev–Trinajstić information content (AvgIpc) is 3.64. The van der Waals surface area contributed by atoms with E-state index in [0.29, 0.717) is 12.1 Å². The molecule has 2 N–H and O–H groups in total. The van der Waals surface area contributed by atoms with Crippen molar-refractivity contribution in [3.05, 3.63) is 65.7 Å². The highest BCUT2D eigenvalue weighted by atomic mass is 16.5. The van der Waals surface area contributed by atoms with E-state index >= 15 is 0 Å². The van der Waals surface area contributed by atoms with Gasteiger partial charge in [-0.3, -0.25) is 14.4 Å². The Balaban J connectivity index is 1.33. The second-order valence-corrected chi connectivity index (χ2v) is 14.7. The van der Waals surface area contributed by atoms with Gasteiger partial charge < -0.3 is 25.2 Å². The molecule has 10 nitrogen and oxygen atoms in total. The van der Waals surface area contributed by atoms with Gasteiger partial charge in [-0.1, -0.05) is 83.1 Å². The van der Waals surface area contributed by atoms with Gasteiger partial charge >= 0.3 is 6.09 Å². The largest absolute Gasteiger partial charge is 0.449 e. The summed E-state index contributed by atoms with van der Waals surface area (Å²) in [6.07, 6.45) is 1.64. The van der Waals surface area contributed by atoms with E-state index in [1.807, 2.05) is 89.2 Å². The second kappa shape index (κ2) is 12.4. The molecular formula is C36H45N5O5. The molecule has 2 heterocycles. The van der Waals surface area contributed by atoms with Crippen molar-refractivity contribution in [2.75, 3.05) is 25.5 Å². The molecule has 2 aromatic rings. The average molecular weight is 628 g/mol. The molecule has 244 valence electrons. The van der Waals surface area contributed by atoms with Gasteiger partial charge in [0.25, 0.3) is 0 Å². The van der Waals surface area contributed by atoms with Gasteiger partial charge in [-0.05, 0) is 47.8 Å². The topological polar surface area (TPSA) is 132 Å². The number of ether oxygens (including phenoxy) is 1. The van der Waals surface area contributed by atoms with Gasteiger partial charge in [0.05, 0.1) is 11.5 Å². The number of alkyl carbamates (subject to hydrolysis) is 1. The lowest BCUT2D eigenvalue weighted by molar-refractivity contribution is -0.147. The molecule has 0 radical (unpaired) electrons. The fourth-order valence-electron chi connectivity index (χ4n) is 6.87.